The molecule has 4 heteroatoms. The van der Waals surface area contributed by atoms with Crippen molar-refractivity contribution < 1.29 is 4.74 Å². The summed E-state index contributed by atoms with van der Waals surface area (Å²) in [5.74, 6) is 0. The van der Waals surface area contributed by atoms with Gasteiger partial charge in [0.2, 0.25) is 0 Å². The van der Waals surface area contributed by atoms with E-state index in [2.05, 4.69) is 11.9 Å². The number of thiazole rings is 1. The molecular formula is C10H18N2OS. The summed E-state index contributed by atoms with van der Waals surface area (Å²) in [7, 11) is 1.73. The first-order valence-corrected chi connectivity index (χ1v) is 5.80. The van der Waals surface area contributed by atoms with Gasteiger partial charge in [0.15, 0.2) is 0 Å². The average molecular weight is 214 g/mol. The Hall–Kier alpha value is -0.450. The van der Waals surface area contributed by atoms with Gasteiger partial charge in [-0.15, -0.1) is 11.3 Å². The average Bonchev–Trinajstić information content (AvgIpc) is 2.63. The molecule has 0 aromatic carbocycles. The molecule has 1 heterocycles. The highest BCUT2D eigenvalue weighted by Gasteiger charge is 2.14. The van der Waals surface area contributed by atoms with Crippen molar-refractivity contribution in [2.45, 2.75) is 38.8 Å². The highest BCUT2D eigenvalue weighted by atomic mass is 32.1. The summed E-state index contributed by atoms with van der Waals surface area (Å²) >= 11 is 1.63. The smallest absolute Gasteiger partial charge is 0.122 e. The van der Waals surface area contributed by atoms with E-state index in [1.807, 2.05) is 12.3 Å². The molecule has 0 aliphatic rings. The molecule has 1 aromatic rings. The Labute approximate surface area is 89.3 Å². The van der Waals surface area contributed by atoms with Gasteiger partial charge in [-0.05, 0) is 13.3 Å². The number of nitrogens with zero attached hydrogens (tertiary/aromatic N) is 1. The first kappa shape index (κ1) is 11.6. The predicted octanol–water partition coefficient (Wildman–Crippen LogP) is 2.65. The second-order valence-corrected chi connectivity index (χ2v) is 4.30. The monoisotopic (exact) mass is 214 g/mol. The van der Waals surface area contributed by atoms with E-state index in [1.165, 1.54) is 0 Å². The lowest BCUT2D eigenvalue weighted by molar-refractivity contribution is 0.0946. The van der Waals surface area contributed by atoms with Crippen LogP contribution in [0.15, 0.2) is 5.38 Å². The lowest BCUT2D eigenvalue weighted by atomic mass is 10.2. The molecule has 0 bridgehead atoms. The molecule has 2 atom stereocenters. The summed E-state index contributed by atoms with van der Waals surface area (Å²) in [5, 5.41) is 3.06. The van der Waals surface area contributed by atoms with Gasteiger partial charge in [-0.3, -0.25) is 0 Å². The van der Waals surface area contributed by atoms with Crippen LogP contribution in [0.4, 0.5) is 0 Å². The number of ether oxygens (including phenoxy) is 1. The molecule has 2 unspecified atom stereocenters. The minimum absolute atomic E-state index is 0.0131. The second-order valence-electron chi connectivity index (χ2n) is 3.41. The Morgan fingerprint density at radius 3 is 2.79 bits per heavy atom. The zero-order chi connectivity index (χ0) is 10.6. The molecule has 0 aliphatic carbocycles. The van der Waals surface area contributed by atoms with Gasteiger partial charge < -0.3 is 10.5 Å². The van der Waals surface area contributed by atoms with Gasteiger partial charge in [0.1, 0.15) is 11.1 Å². The molecular weight excluding hydrogens is 196 g/mol. The molecule has 0 saturated heterocycles. The van der Waals surface area contributed by atoms with Gasteiger partial charge in [0.05, 0.1) is 5.69 Å². The third-order valence-corrected chi connectivity index (χ3v) is 3.07. The van der Waals surface area contributed by atoms with Crippen LogP contribution >= 0.6 is 11.3 Å². The first-order chi connectivity index (χ1) is 6.69. The van der Waals surface area contributed by atoms with Crippen LogP contribution in [-0.4, -0.2) is 12.1 Å². The number of hydrogen-bond donors (Lipinski definition) is 1. The van der Waals surface area contributed by atoms with Crippen molar-refractivity contribution in [1.82, 2.24) is 4.98 Å². The molecule has 1 aromatic heterocycles. The van der Waals surface area contributed by atoms with E-state index in [1.54, 1.807) is 18.4 Å². The van der Waals surface area contributed by atoms with Crippen LogP contribution in [0.3, 0.4) is 0 Å². The number of methoxy groups -OCH3 is 1. The minimum Gasteiger partial charge on any atom is -0.374 e. The number of hydrogen-bond acceptors (Lipinski definition) is 4. The van der Waals surface area contributed by atoms with Crippen LogP contribution in [0.1, 0.15) is 49.5 Å². The lowest BCUT2D eigenvalue weighted by Gasteiger charge is -2.10. The van der Waals surface area contributed by atoms with E-state index in [-0.39, 0.29) is 12.1 Å². The van der Waals surface area contributed by atoms with Crippen LogP contribution in [0, 0.1) is 0 Å². The molecule has 0 spiro atoms. The van der Waals surface area contributed by atoms with Crippen LogP contribution in [0.5, 0.6) is 0 Å². The molecule has 0 amide bonds. The third kappa shape index (κ3) is 2.77. The zero-order valence-corrected chi connectivity index (χ0v) is 9.80. The van der Waals surface area contributed by atoms with Crippen molar-refractivity contribution in [1.29, 1.82) is 0 Å². The summed E-state index contributed by atoms with van der Waals surface area (Å²) in [4.78, 5) is 4.47. The van der Waals surface area contributed by atoms with E-state index >= 15 is 0 Å². The number of rotatable bonds is 5. The molecule has 0 fully saturated rings. The molecule has 1 rings (SSSR count). The highest BCUT2D eigenvalue weighted by molar-refractivity contribution is 7.09. The van der Waals surface area contributed by atoms with Crippen LogP contribution < -0.4 is 5.73 Å². The SMILES string of the molecule is CCCC(OC)c1nc(C(C)N)cs1. The number of aromatic nitrogens is 1. The van der Waals surface area contributed by atoms with Crippen LogP contribution in [0.25, 0.3) is 0 Å². The van der Waals surface area contributed by atoms with Gasteiger partial charge in [0, 0.05) is 18.5 Å². The van der Waals surface area contributed by atoms with Gasteiger partial charge in [-0.1, -0.05) is 13.3 Å². The zero-order valence-electron chi connectivity index (χ0n) is 8.99. The third-order valence-electron chi connectivity index (χ3n) is 2.12. The maximum Gasteiger partial charge on any atom is 0.122 e. The molecule has 80 valence electrons. The molecule has 2 N–H and O–H groups in total. The van der Waals surface area contributed by atoms with Gasteiger partial charge in [-0.2, -0.15) is 0 Å². The van der Waals surface area contributed by atoms with Crippen LogP contribution in [-0.2, 0) is 4.74 Å². The fourth-order valence-corrected chi connectivity index (χ4v) is 2.29. The van der Waals surface area contributed by atoms with Gasteiger partial charge in [-0.25, -0.2) is 4.98 Å². The largest absolute Gasteiger partial charge is 0.374 e. The van der Waals surface area contributed by atoms with Crippen molar-refractivity contribution in [3.63, 3.8) is 0 Å². The maximum atomic E-state index is 5.75. The Bertz CT molecular complexity index is 273. The van der Waals surface area contributed by atoms with E-state index in [4.69, 9.17) is 10.5 Å². The summed E-state index contributed by atoms with van der Waals surface area (Å²) in [6.45, 7) is 4.09. The Morgan fingerprint density at radius 2 is 2.36 bits per heavy atom. The lowest BCUT2D eigenvalue weighted by Crippen LogP contribution is -2.06. The van der Waals surface area contributed by atoms with Crippen molar-refractivity contribution in [3.8, 4) is 0 Å². The van der Waals surface area contributed by atoms with Crippen molar-refractivity contribution in [2.24, 2.45) is 5.73 Å². The minimum atomic E-state index is 0.0131. The van der Waals surface area contributed by atoms with E-state index in [0.29, 0.717) is 0 Å². The van der Waals surface area contributed by atoms with Crippen molar-refractivity contribution >= 4 is 11.3 Å². The van der Waals surface area contributed by atoms with E-state index < -0.39 is 0 Å². The molecule has 0 aliphatic heterocycles. The predicted molar refractivity (Wildman–Crippen MR) is 59.4 cm³/mol. The summed E-state index contributed by atoms with van der Waals surface area (Å²) in [6, 6.07) is 0.0131. The standard InChI is InChI=1S/C10H18N2OS/c1-4-5-9(13-3)10-12-8(6-14-10)7(2)11/h6-7,9H,4-5,11H2,1-3H3. The van der Waals surface area contributed by atoms with Gasteiger partial charge >= 0.3 is 0 Å². The number of nitrogens with two attached hydrogens (primary N) is 1. The van der Waals surface area contributed by atoms with Crippen molar-refractivity contribution in [2.75, 3.05) is 7.11 Å². The summed E-state index contributed by atoms with van der Waals surface area (Å²) in [5.41, 5.74) is 6.71. The first-order valence-electron chi connectivity index (χ1n) is 4.92. The fraction of sp³-hybridized carbons (Fsp3) is 0.700. The molecule has 3 nitrogen and oxygen atoms in total. The van der Waals surface area contributed by atoms with E-state index in [0.717, 1.165) is 23.5 Å². The van der Waals surface area contributed by atoms with Crippen molar-refractivity contribution in [3.05, 3.63) is 16.1 Å². The maximum absolute atomic E-state index is 5.75. The molecule has 0 radical (unpaired) electrons. The molecule has 14 heavy (non-hydrogen) atoms. The Kier molecular flexibility index (Phi) is 4.51. The normalized spacial score (nSPS) is 15.4. The van der Waals surface area contributed by atoms with E-state index in [9.17, 15) is 0 Å². The van der Waals surface area contributed by atoms with Gasteiger partial charge in [0.25, 0.3) is 0 Å². The summed E-state index contributed by atoms with van der Waals surface area (Å²) in [6.07, 6.45) is 2.26. The second kappa shape index (κ2) is 5.44. The Morgan fingerprint density at radius 1 is 1.64 bits per heavy atom. The fourth-order valence-electron chi connectivity index (χ4n) is 1.26. The molecule has 0 saturated carbocycles. The summed E-state index contributed by atoms with van der Waals surface area (Å²) < 4.78 is 5.38. The topological polar surface area (TPSA) is 48.1 Å². The quantitative estimate of drug-likeness (QED) is 0.819. The Balaban J connectivity index is 2.73. The highest BCUT2D eigenvalue weighted by Crippen LogP contribution is 2.26. The van der Waals surface area contributed by atoms with Crippen LogP contribution in [0.2, 0.25) is 0 Å².